The van der Waals surface area contributed by atoms with Gasteiger partial charge in [0.05, 0.1) is 11.8 Å². The number of aliphatic hydroxyl groups is 1. The molecule has 2 aliphatic heterocycles. The van der Waals surface area contributed by atoms with Crippen LogP contribution in [0.5, 0.6) is 5.75 Å². The van der Waals surface area contributed by atoms with Crippen molar-refractivity contribution in [2.45, 2.75) is 25.5 Å². The molecule has 1 fully saturated rings. The number of furan rings is 1. The van der Waals surface area contributed by atoms with E-state index in [-0.39, 0.29) is 17.4 Å². The largest absolute Gasteiger partial charge is 0.507 e. The number of carbonyl (C=O) groups excluding carboxylic acids is 2. The first-order valence-electron chi connectivity index (χ1n) is 9.60. The number of amides is 1. The highest BCUT2D eigenvalue weighted by Crippen LogP contribution is 2.42. The summed E-state index contributed by atoms with van der Waals surface area (Å²) in [5.41, 5.74) is 1.36. The maximum absolute atomic E-state index is 13.0. The monoisotopic (exact) mass is 402 g/mol. The minimum atomic E-state index is -0.918. The first-order valence-corrected chi connectivity index (χ1v) is 9.60. The van der Waals surface area contributed by atoms with E-state index in [1.807, 2.05) is 6.92 Å². The summed E-state index contributed by atoms with van der Waals surface area (Å²) in [4.78, 5) is 31.4. The summed E-state index contributed by atoms with van der Waals surface area (Å²) < 4.78 is 11.2. The molecule has 1 amide bonds. The third-order valence-electron chi connectivity index (χ3n) is 5.32. The Kier molecular flexibility index (Phi) is 4.17. The van der Waals surface area contributed by atoms with Gasteiger partial charge in [-0.2, -0.15) is 0 Å². The third kappa shape index (κ3) is 2.78. The van der Waals surface area contributed by atoms with Crippen molar-refractivity contribution < 1.29 is 23.8 Å². The number of Topliss-reactive ketones (excluding diaryl/α,β-unsaturated/α-hetero) is 1. The number of ketones is 1. The summed E-state index contributed by atoms with van der Waals surface area (Å²) in [7, 11) is 0. The molecule has 2 aliphatic rings. The number of pyridine rings is 1. The molecule has 30 heavy (non-hydrogen) atoms. The molecule has 0 saturated carbocycles. The fourth-order valence-corrected chi connectivity index (χ4v) is 4.01. The molecule has 5 rings (SSSR count). The van der Waals surface area contributed by atoms with Gasteiger partial charge in [0.2, 0.25) is 0 Å². The minimum absolute atomic E-state index is 0.0347. The van der Waals surface area contributed by atoms with Gasteiger partial charge < -0.3 is 14.3 Å². The van der Waals surface area contributed by atoms with Gasteiger partial charge >= 0.3 is 5.91 Å². The van der Waals surface area contributed by atoms with Crippen LogP contribution in [0.15, 0.2) is 71.0 Å². The van der Waals surface area contributed by atoms with E-state index in [1.54, 1.807) is 48.5 Å². The number of rotatable bonds is 3. The quantitative estimate of drug-likeness (QED) is 0.409. The van der Waals surface area contributed by atoms with E-state index < -0.39 is 17.7 Å². The number of carbonyl (C=O) groups is 2. The highest BCUT2D eigenvalue weighted by Gasteiger charge is 2.48. The van der Waals surface area contributed by atoms with Crippen molar-refractivity contribution in [1.29, 1.82) is 0 Å². The molecule has 0 aliphatic carbocycles. The molecule has 1 aromatic carbocycles. The Morgan fingerprint density at radius 3 is 2.77 bits per heavy atom. The average Bonchev–Trinajstić information content (AvgIpc) is 3.46. The molecule has 2 unspecified atom stereocenters. The van der Waals surface area contributed by atoms with E-state index in [4.69, 9.17) is 9.15 Å². The molecule has 7 nitrogen and oxygen atoms in total. The van der Waals surface area contributed by atoms with Crippen LogP contribution in [0.4, 0.5) is 5.82 Å². The van der Waals surface area contributed by atoms with Gasteiger partial charge in [-0.25, -0.2) is 4.98 Å². The van der Waals surface area contributed by atoms with E-state index in [0.717, 1.165) is 11.3 Å². The fraction of sp³-hybridized carbons (Fsp3) is 0.174. The fourth-order valence-electron chi connectivity index (χ4n) is 4.01. The second-order valence-corrected chi connectivity index (χ2v) is 7.33. The highest BCUT2D eigenvalue weighted by molar-refractivity contribution is 6.51. The smallest absolute Gasteiger partial charge is 0.301 e. The van der Waals surface area contributed by atoms with Gasteiger partial charge in [-0.3, -0.25) is 14.5 Å². The van der Waals surface area contributed by atoms with Crippen molar-refractivity contribution in [1.82, 2.24) is 4.98 Å². The van der Waals surface area contributed by atoms with Crippen molar-refractivity contribution in [2.75, 3.05) is 4.90 Å². The van der Waals surface area contributed by atoms with Gasteiger partial charge in [-0.15, -0.1) is 0 Å². The lowest BCUT2D eigenvalue weighted by atomic mass is 9.97. The second kappa shape index (κ2) is 6.88. The molecule has 3 aromatic rings. The van der Waals surface area contributed by atoms with Gasteiger partial charge in [0.1, 0.15) is 35.2 Å². The number of fused-ring (bicyclic) bond motifs is 1. The summed E-state index contributed by atoms with van der Waals surface area (Å²) in [5.74, 6) is -0.388. The van der Waals surface area contributed by atoms with E-state index in [2.05, 4.69) is 4.98 Å². The molecule has 4 heterocycles. The van der Waals surface area contributed by atoms with Crippen molar-refractivity contribution >= 4 is 23.3 Å². The van der Waals surface area contributed by atoms with Crippen LogP contribution in [0, 0.1) is 0 Å². The molecule has 1 N–H and O–H groups in total. The normalized spacial score (nSPS) is 22.2. The van der Waals surface area contributed by atoms with Crippen molar-refractivity contribution in [2.24, 2.45) is 0 Å². The van der Waals surface area contributed by atoms with Crippen LogP contribution in [0.3, 0.4) is 0 Å². The first-order chi connectivity index (χ1) is 14.5. The van der Waals surface area contributed by atoms with Crippen LogP contribution in [-0.2, 0) is 16.0 Å². The van der Waals surface area contributed by atoms with Crippen LogP contribution in [-0.4, -0.2) is 27.9 Å². The molecule has 0 spiro atoms. The van der Waals surface area contributed by atoms with Gasteiger partial charge in [-0.05, 0) is 55.0 Å². The van der Waals surface area contributed by atoms with E-state index in [0.29, 0.717) is 23.6 Å². The molecular formula is C23H18N2O5. The minimum Gasteiger partial charge on any atom is -0.507 e. The van der Waals surface area contributed by atoms with Gasteiger partial charge in [0.15, 0.2) is 0 Å². The number of ether oxygens (including phenoxy) is 1. The topological polar surface area (TPSA) is 92.9 Å². The number of aliphatic hydroxyl groups excluding tert-OH is 1. The maximum atomic E-state index is 13.0. The lowest BCUT2D eigenvalue weighted by Gasteiger charge is -2.22. The molecule has 2 atom stereocenters. The van der Waals surface area contributed by atoms with E-state index >= 15 is 0 Å². The highest BCUT2D eigenvalue weighted by atomic mass is 16.5. The summed E-state index contributed by atoms with van der Waals surface area (Å²) in [6.07, 6.45) is 3.76. The van der Waals surface area contributed by atoms with Crippen LogP contribution in [0.2, 0.25) is 0 Å². The van der Waals surface area contributed by atoms with Crippen LogP contribution in [0.25, 0.3) is 5.76 Å². The Morgan fingerprint density at radius 2 is 2.03 bits per heavy atom. The predicted octanol–water partition coefficient (Wildman–Crippen LogP) is 3.62. The Morgan fingerprint density at radius 1 is 1.17 bits per heavy atom. The number of benzene rings is 1. The Hall–Kier alpha value is -3.87. The van der Waals surface area contributed by atoms with Crippen LogP contribution < -0.4 is 9.64 Å². The lowest BCUT2D eigenvalue weighted by Crippen LogP contribution is -2.30. The van der Waals surface area contributed by atoms with Crippen LogP contribution in [0.1, 0.15) is 29.9 Å². The Labute approximate surface area is 172 Å². The Bertz CT molecular complexity index is 1170. The average molecular weight is 402 g/mol. The maximum Gasteiger partial charge on any atom is 0.301 e. The molecular weight excluding hydrogens is 384 g/mol. The number of aromatic nitrogens is 1. The zero-order chi connectivity index (χ0) is 20.8. The van der Waals surface area contributed by atoms with Crippen molar-refractivity contribution in [3.05, 3.63) is 83.5 Å². The second-order valence-electron chi connectivity index (χ2n) is 7.33. The molecule has 1 saturated heterocycles. The molecule has 150 valence electrons. The summed E-state index contributed by atoms with van der Waals surface area (Å²) >= 11 is 0. The standard InChI is InChI=1S/C23H18N2O5/c1-13-11-15-12-14(7-8-16(15)30-13)21(26)19-20(17-5-4-10-29-17)25(23(28)22(19)27)18-6-2-3-9-24-18/h2-10,12-13,20,26H,11H2,1H3. The zero-order valence-electron chi connectivity index (χ0n) is 16.1. The Balaban J connectivity index is 1.67. The zero-order valence-corrected chi connectivity index (χ0v) is 16.1. The SMILES string of the molecule is CC1Cc2cc(C(O)=C3C(=O)C(=O)N(c4ccccn4)C3c3ccco3)ccc2O1. The lowest BCUT2D eigenvalue weighted by molar-refractivity contribution is -0.132. The van der Waals surface area contributed by atoms with E-state index in [9.17, 15) is 14.7 Å². The number of nitrogens with zero attached hydrogens (tertiary/aromatic N) is 2. The third-order valence-corrected chi connectivity index (χ3v) is 5.32. The molecule has 2 aromatic heterocycles. The summed E-state index contributed by atoms with van der Waals surface area (Å²) in [5, 5.41) is 11.1. The molecule has 0 bridgehead atoms. The predicted molar refractivity (Wildman–Crippen MR) is 108 cm³/mol. The van der Waals surface area contributed by atoms with Crippen LogP contribution >= 0.6 is 0 Å². The van der Waals surface area contributed by atoms with Gasteiger partial charge in [-0.1, -0.05) is 6.07 Å². The van der Waals surface area contributed by atoms with E-state index in [1.165, 1.54) is 17.4 Å². The van der Waals surface area contributed by atoms with Crippen molar-refractivity contribution in [3.63, 3.8) is 0 Å². The summed E-state index contributed by atoms with van der Waals surface area (Å²) in [6.45, 7) is 1.97. The molecule has 0 radical (unpaired) electrons. The number of anilines is 1. The molecule has 7 heteroatoms. The van der Waals surface area contributed by atoms with Crippen molar-refractivity contribution in [3.8, 4) is 5.75 Å². The van der Waals surface area contributed by atoms with Gasteiger partial charge in [0, 0.05) is 18.2 Å². The van der Waals surface area contributed by atoms with Gasteiger partial charge in [0.25, 0.3) is 5.78 Å². The summed E-state index contributed by atoms with van der Waals surface area (Å²) in [6, 6.07) is 12.7. The number of hydrogen-bond donors (Lipinski definition) is 1. The number of hydrogen-bond acceptors (Lipinski definition) is 6. The first kappa shape index (κ1) is 18.2.